The van der Waals surface area contributed by atoms with Gasteiger partial charge in [-0.15, -0.1) is 0 Å². The van der Waals surface area contributed by atoms with Gasteiger partial charge in [0.05, 0.1) is 31.4 Å². The standard InChI is InChI=1S/C32H40BClN6O5/c1-20-38-39-31-27(19-29(41)35-16-4-3-5-17-36-32(42)22-6-10-23(11-7-22)33(43)44)37-30(21-8-12-24(34)13-9-21)26-18-25(45-2)14-15-28(26)40(20)31/h6-15,18,20,27,31-32,36,38-39,42-44H,3-5,16-17,19H2,1-2H3,(H,35,41). The second-order valence-electron chi connectivity index (χ2n) is 11.3. The number of aliphatic hydroxyl groups is 1. The summed E-state index contributed by atoms with van der Waals surface area (Å²) in [5, 5.41) is 35.5. The number of methoxy groups -OCH3 is 1. The van der Waals surface area contributed by atoms with Crippen molar-refractivity contribution in [1.29, 1.82) is 0 Å². The zero-order chi connectivity index (χ0) is 31.9. The molecule has 0 spiro atoms. The Morgan fingerprint density at radius 3 is 2.49 bits per heavy atom. The van der Waals surface area contributed by atoms with E-state index in [0.717, 1.165) is 47.5 Å². The number of benzene rings is 3. The van der Waals surface area contributed by atoms with Crippen LogP contribution >= 0.6 is 11.6 Å². The van der Waals surface area contributed by atoms with Gasteiger partial charge in [0.2, 0.25) is 5.91 Å². The van der Waals surface area contributed by atoms with Crippen molar-refractivity contribution < 1.29 is 24.7 Å². The first-order valence-electron chi connectivity index (χ1n) is 15.2. The third kappa shape index (κ3) is 8.03. The molecular weight excluding hydrogens is 595 g/mol. The molecular formula is C32H40BClN6O5. The van der Waals surface area contributed by atoms with Gasteiger partial charge in [-0.2, -0.15) is 0 Å². The van der Waals surface area contributed by atoms with Gasteiger partial charge in [0.1, 0.15) is 18.1 Å². The average molecular weight is 635 g/mol. The van der Waals surface area contributed by atoms with Gasteiger partial charge < -0.3 is 30.1 Å². The van der Waals surface area contributed by atoms with Crippen LogP contribution in [0.4, 0.5) is 5.69 Å². The van der Waals surface area contributed by atoms with Crippen LogP contribution in [0, 0.1) is 0 Å². The molecule has 7 N–H and O–H groups in total. The molecule has 0 bridgehead atoms. The van der Waals surface area contributed by atoms with Crippen LogP contribution in [0.2, 0.25) is 5.02 Å². The first-order valence-corrected chi connectivity index (χ1v) is 15.6. The number of carbonyl (C=O) groups excluding carboxylic acids is 1. The minimum Gasteiger partial charge on any atom is -0.497 e. The Morgan fingerprint density at radius 1 is 1.04 bits per heavy atom. The maximum Gasteiger partial charge on any atom is 0.488 e. The van der Waals surface area contributed by atoms with Gasteiger partial charge in [-0.05, 0) is 67.7 Å². The zero-order valence-corrected chi connectivity index (χ0v) is 26.2. The molecule has 3 aromatic carbocycles. The predicted octanol–water partition coefficient (Wildman–Crippen LogP) is 1.79. The fourth-order valence-corrected chi connectivity index (χ4v) is 5.83. The van der Waals surface area contributed by atoms with Gasteiger partial charge in [-0.3, -0.25) is 15.1 Å². The molecule has 13 heteroatoms. The van der Waals surface area contributed by atoms with E-state index < -0.39 is 13.3 Å². The summed E-state index contributed by atoms with van der Waals surface area (Å²) in [6, 6.07) is 19.6. The number of carbonyl (C=O) groups is 1. The monoisotopic (exact) mass is 634 g/mol. The first kappa shape index (κ1) is 32.9. The Bertz CT molecular complexity index is 1480. The highest BCUT2D eigenvalue weighted by Gasteiger charge is 2.40. The Labute approximate surface area is 268 Å². The number of hydrazine groups is 1. The molecule has 2 aliphatic heterocycles. The minimum absolute atomic E-state index is 0.0348. The average Bonchev–Trinajstić information content (AvgIpc) is 3.37. The molecule has 2 aliphatic rings. The molecule has 1 amide bonds. The Morgan fingerprint density at radius 2 is 1.78 bits per heavy atom. The van der Waals surface area contributed by atoms with Crippen LogP contribution in [-0.2, 0) is 4.79 Å². The number of nitrogens with zero attached hydrogens (tertiary/aromatic N) is 2. The summed E-state index contributed by atoms with van der Waals surface area (Å²) in [5.74, 6) is 0.645. The molecule has 11 nitrogen and oxygen atoms in total. The maximum absolute atomic E-state index is 13.2. The number of aliphatic hydroxyl groups excluding tert-OH is 1. The van der Waals surface area contributed by atoms with Gasteiger partial charge in [0.15, 0.2) is 0 Å². The molecule has 0 saturated carbocycles. The number of aliphatic imine (C=N–C) groups is 1. The molecule has 2 heterocycles. The second-order valence-corrected chi connectivity index (χ2v) is 11.7. The number of nitrogens with one attached hydrogen (secondary N) is 4. The smallest absolute Gasteiger partial charge is 0.488 e. The number of unbranched alkanes of at least 4 members (excludes halogenated alkanes) is 2. The number of halogens is 1. The van der Waals surface area contributed by atoms with Crippen LogP contribution in [0.5, 0.6) is 5.75 Å². The molecule has 45 heavy (non-hydrogen) atoms. The number of rotatable bonds is 13. The van der Waals surface area contributed by atoms with Crippen LogP contribution < -0.4 is 36.6 Å². The highest BCUT2D eigenvalue weighted by Crippen LogP contribution is 2.36. The number of hydrogen-bond acceptors (Lipinski definition) is 10. The fourth-order valence-electron chi connectivity index (χ4n) is 5.71. The molecule has 4 atom stereocenters. The van der Waals surface area contributed by atoms with Crippen LogP contribution in [0.1, 0.15) is 55.5 Å². The largest absolute Gasteiger partial charge is 0.497 e. The predicted molar refractivity (Wildman–Crippen MR) is 177 cm³/mol. The van der Waals surface area contributed by atoms with Crippen molar-refractivity contribution in [3.05, 3.63) is 88.4 Å². The molecule has 238 valence electrons. The molecule has 0 radical (unpaired) electrons. The van der Waals surface area contributed by atoms with Crippen molar-refractivity contribution in [2.24, 2.45) is 4.99 Å². The van der Waals surface area contributed by atoms with E-state index in [-0.39, 0.29) is 30.7 Å². The number of anilines is 1. The summed E-state index contributed by atoms with van der Waals surface area (Å²) < 4.78 is 5.55. The van der Waals surface area contributed by atoms with E-state index in [1.165, 1.54) is 0 Å². The van der Waals surface area contributed by atoms with Crippen LogP contribution in [0.3, 0.4) is 0 Å². The summed E-state index contributed by atoms with van der Waals surface area (Å²) in [6.45, 7) is 3.21. The first-order chi connectivity index (χ1) is 21.7. The van der Waals surface area contributed by atoms with Crippen molar-refractivity contribution >= 4 is 41.5 Å². The molecule has 0 aromatic heterocycles. The summed E-state index contributed by atoms with van der Waals surface area (Å²) in [5.41, 5.74) is 11.3. The lowest BCUT2D eigenvalue weighted by molar-refractivity contribution is -0.121. The van der Waals surface area contributed by atoms with Gasteiger partial charge in [0, 0.05) is 28.4 Å². The van der Waals surface area contributed by atoms with E-state index in [0.29, 0.717) is 29.1 Å². The van der Waals surface area contributed by atoms with Crippen molar-refractivity contribution in [3.8, 4) is 5.75 Å². The molecule has 5 rings (SSSR count). The number of ether oxygens (including phenoxy) is 1. The van der Waals surface area contributed by atoms with E-state index >= 15 is 0 Å². The maximum atomic E-state index is 13.2. The number of fused-ring (bicyclic) bond motifs is 3. The summed E-state index contributed by atoms with van der Waals surface area (Å²) >= 11 is 6.20. The van der Waals surface area contributed by atoms with E-state index in [1.54, 1.807) is 31.4 Å². The zero-order valence-electron chi connectivity index (χ0n) is 25.4. The van der Waals surface area contributed by atoms with Crippen molar-refractivity contribution in [2.75, 3.05) is 25.1 Å². The molecule has 1 saturated heterocycles. The Balaban J connectivity index is 1.18. The lowest BCUT2D eigenvalue weighted by atomic mass is 9.80. The highest BCUT2D eigenvalue weighted by atomic mass is 35.5. The van der Waals surface area contributed by atoms with Crippen molar-refractivity contribution in [1.82, 2.24) is 21.5 Å². The normalized spacial score (nSPS) is 19.6. The van der Waals surface area contributed by atoms with Crippen molar-refractivity contribution in [3.63, 3.8) is 0 Å². The molecule has 1 fully saturated rings. The van der Waals surface area contributed by atoms with E-state index in [2.05, 4.69) is 33.3 Å². The van der Waals surface area contributed by atoms with Gasteiger partial charge in [0.25, 0.3) is 0 Å². The Kier molecular flexibility index (Phi) is 11.1. The van der Waals surface area contributed by atoms with E-state index in [9.17, 15) is 19.9 Å². The van der Waals surface area contributed by atoms with Crippen LogP contribution in [0.15, 0.2) is 71.7 Å². The van der Waals surface area contributed by atoms with Crippen molar-refractivity contribution in [2.45, 2.75) is 57.2 Å². The summed E-state index contributed by atoms with van der Waals surface area (Å²) in [4.78, 5) is 20.6. The van der Waals surface area contributed by atoms with E-state index in [1.807, 2.05) is 42.5 Å². The summed E-state index contributed by atoms with van der Waals surface area (Å²) in [6.07, 6.45) is 1.57. The topological polar surface area (TPSA) is 151 Å². The molecule has 4 unspecified atom stereocenters. The minimum atomic E-state index is -1.53. The van der Waals surface area contributed by atoms with Gasteiger partial charge in [-0.1, -0.05) is 54.4 Å². The lowest BCUT2D eigenvalue weighted by Crippen LogP contribution is -2.47. The quantitative estimate of drug-likeness (QED) is 0.0849. The van der Waals surface area contributed by atoms with Crippen LogP contribution in [-0.4, -0.2) is 72.5 Å². The fraction of sp³-hybridized carbons (Fsp3) is 0.375. The van der Waals surface area contributed by atoms with Crippen LogP contribution in [0.25, 0.3) is 0 Å². The molecule has 3 aromatic rings. The SMILES string of the molecule is COc1ccc2c(c1)C(c1ccc(Cl)cc1)=NC(CC(=O)NCCCCCNC(O)c1ccc(B(O)O)cc1)C1NNC(C)N21. The summed E-state index contributed by atoms with van der Waals surface area (Å²) in [7, 11) is 0.106. The lowest BCUT2D eigenvalue weighted by Gasteiger charge is -2.31. The third-order valence-corrected chi connectivity index (χ3v) is 8.38. The van der Waals surface area contributed by atoms with Gasteiger partial charge in [-0.25, -0.2) is 10.9 Å². The second kappa shape index (κ2) is 15.2. The number of amides is 1. The molecule has 0 aliphatic carbocycles. The number of hydrogen-bond donors (Lipinski definition) is 7. The van der Waals surface area contributed by atoms with Gasteiger partial charge >= 0.3 is 7.12 Å². The highest BCUT2D eigenvalue weighted by molar-refractivity contribution is 6.58. The van der Waals surface area contributed by atoms with E-state index in [4.69, 9.17) is 21.3 Å². The Hall–Kier alpha value is -3.49. The third-order valence-electron chi connectivity index (χ3n) is 8.13.